The second-order valence-corrected chi connectivity index (χ2v) is 4.97. The van der Waals surface area contributed by atoms with Crippen molar-refractivity contribution in [2.24, 2.45) is 0 Å². The van der Waals surface area contributed by atoms with Crippen LogP contribution in [0.5, 0.6) is 0 Å². The van der Waals surface area contributed by atoms with E-state index in [1.54, 1.807) is 7.11 Å². The Kier molecular flexibility index (Phi) is 7.77. The van der Waals surface area contributed by atoms with Gasteiger partial charge in [-0.25, -0.2) is 0 Å². The minimum Gasteiger partial charge on any atom is -0.383 e. The van der Waals surface area contributed by atoms with Gasteiger partial charge in [0.05, 0.1) is 19.8 Å². The van der Waals surface area contributed by atoms with Crippen molar-refractivity contribution in [3.05, 3.63) is 0 Å². The molecular formula is C13H28N2O2. The molecule has 1 heterocycles. The van der Waals surface area contributed by atoms with Crippen LogP contribution in [-0.2, 0) is 9.47 Å². The third-order valence-corrected chi connectivity index (χ3v) is 3.16. The normalized spacial score (nSPS) is 24.5. The zero-order valence-corrected chi connectivity index (χ0v) is 11.5. The van der Waals surface area contributed by atoms with E-state index in [0.29, 0.717) is 18.1 Å². The van der Waals surface area contributed by atoms with Gasteiger partial charge in [-0.15, -0.1) is 0 Å². The predicted octanol–water partition coefficient (Wildman–Crippen LogP) is 1.16. The zero-order chi connectivity index (χ0) is 12.5. The summed E-state index contributed by atoms with van der Waals surface area (Å²) in [7, 11) is 1.77. The Morgan fingerprint density at radius 1 is 1.53 bits per heavy atom. The quantitative estimate of drug-likeness (QED) is 0.672. The Balaban J connectivity index is 2.22. The summed E-state index contributed by atoms with van der Waals surface area (Å²) in [5.41, 5.74) is 0. The summed E-state index contributed by atoms with van der Waals surface area (Å²) >= 11 is 0. The van der Waals surface area contributed by atoms with Crippen LogP contribution in [0.1, 0.15) is 33.1 Å². The molecule has 1 saturated heterocycles. The van der Waals surface area contributed by atoms with Crippen LogP contribution in [0.3, 0.4) is 0 Å². The van der Waals surface area contributed by atoms with Gasteiger partial charge >= 0.3 is 0 Å². The van der Waals surface area contributed by atoms with Gasteiger partial charge in [-0.3, -0.25) is 0 Å². The standard InChI is InChI=1S/C13H28N2O2/c1-4-5-12(9-16-3)15-11(2)8-13-10-17-7-6-14-13/h11-15H,4-10H2,1-3H3. The summed E-state index contributed by atoms with van der Waals surface area (Å²) in [6.45, 7) is 7.93. The molecule has 17 heavy (non-hydrogen) atoms. The lowest BCUT2D eigenvalue weighted by Crippen LogP contribution is -2.47. The number of hydrogen-bond donors (Lipinski definition) is 2. The van der Waals surface area contributed by atoms with E-state index in [2.05, 4.69) is 24.5 Å². The molecule has 1 aliphatic heterocycles. The molecule has 3 unspecified atom stereocenters. The SMILES string of the molecule is CCCC(COC)NC(C)CC1COCCN1. The fourth-order valence-electron chi connectivity index (χ4n) is 2.43. The van der Waals surface area contributed by atoms with Gasteiger partial charge in [0.2, 0.25) is 0 Å². The van der Waals surface area contributed by atoms with Crippen molar-refractivity contribution in [2.45, 2.75) is 51.2 Å². The van der Waals surface area contributed by atoms with Crippen LogP contribution in [0.2, 0.25) is 0 Å². The van der Waals surface area contributed by atoms with Gasteiger partial charge in [-0.2, -0.15) is 0 Å². The molecule has 0 amide bonds. The fourth-order valence-corrected chi connectivity index (χ4v) is 2.43. The third kappa shape index (κ3) is 6.36. The van der Waals surface area contributed by atoms with Gasteiger partial charge in [0, 0.05) is 31.8 Å². The lowest BCUT2D eigenvalue weighted by molar-refractivity contribution is 0.0696. The highest BCUT2D eigenvalue weighted by molar-refractivity contribution is 4.78. The van der Waals surface area contributed by atoms with Crippen molar-refractivity contribution in [2.75, 3.05) is 33.5 Å². The second kappa shape index (κ2) is 8.86. The van der Waals surface area contributed by atoms with Crippen LogP contribution < -0.4 is 10.6 Å². The van der Waals surface area contributed by atoms with Crippen LogP contribution in [0.4, 0.5) is 0 Å². The Morgan fingerprint density at radius 3 is 2.94 bits per heavy atom. The number of rotatable bonds is 8. The van der Waals surface area contributed by atoms with Gasteiger partial charge in [-0.1, -0.05) is 13.3 Å². The maximum atomic E-state index is 5.47. The molecule has 0 bridgehead atoms. The lowest BCUT2D eigenvalue weighted by atomic mass is 10.1. The van der Waals surface area contributed by atoms with Gasteiger partial charge in [0.15, 0.2) is 0 Å². The first kappa shape index (κ1) is 14.9. The summed E-state index contributed by atoms with van der Waals surface area (Å²) in [5, 5.41) is 7.14. The molecule has 102 valence electrons. The van der Waals surface area contributed by atoms with E-state index in [4.69, 9.17) is 9.47 Å². The van der Waals surface area contributed by atoms with Crippen molar-refractivity contribution in [3.63, 3.8) is 0 Å². The van der Waals surface area contributed by atoms with E-state index in [1.807, 2.05) is 0 Å². The Labute approximate surface area is 105 Å². The first-order valence-electron chi connectivity index (χ1n) is 6.82. The van der Waals surface area contributed by atoms with Crippen molar-refractivity contribution in [1.82, 2.24) is 10.6 Å². The topological polar surface area (TPSA) is 42.5 Å². The molecule has 0 radical (unpaired) electrons. The Hall–Kier alpha value is -0.160. The molecule has 0 saturated carbocycles. The molecule has 0 spiro atoms. The minimum atomic E-state index is 0.476. The average molecular weight is 244 g/mol. The highest BCUT2D eigenvalue weighted by atomic mass is 16.5. The molecular weight excluding hydrogens is 216 g/mol. The number of nitrogens with one attached hydrogen (secondary N) is 2. The lowest BCUT2D eigenvalue weighted by Gasteiger charge is -2.29. The average Bonchev–Trinajstić information content (AvgIpc) is 2.30. The highest BCUT2D eigenvalue weighted by Crippen LogP contribution is 2.05. The summed E-state index contributed by atoms with van der Waals surface area (Å²) in [4.78, 5) is 0. The molecule has 0 aromatic carbocycles. The fraction of sp³-hybridized carbons (Fsp3) is 1.00. The molecule has 0 aromatic heterocycles. The van der Waals surface area contributed by atoms with Gasteiger partial charge in [-0.05, 0) is 19.8 Å². The van der Waals surface area contributed by atoms with E-state index in [1.165, 1.54) is 12.8 Å². The molecule has 1 rings (SSSR count). The van der Waals surface area contributed by atoms with Crippen molar-refractivity contribution >= 4 is 0 Å². The molecule has 2 N–H and O–H groups in total. The number of methoxy groups -OCH3 is 1. The van der Waals surface area contributed by atoms with Crippen LogP contribution in [0, 0.1) is 0 Å². The molecule has 0 aliphatic carbocycles. The van der Waals surface area contributed by atoms with Crippen LogP contribution >= 0.6 is 0 Å². The predicted molar refractivity (Wildman–Crippen MR) is 70.4 cm³/mol. The summed E-state index contributed by atoms with van der Waals surface area (Å²) in [5.74, 6) is 0. The number of hydrogen-bond acceptors (Lipinski definition) is 4. The number of ether oxygens (including phenoxy) is 2. The molecule has 1 aliphatic rings. The van der Waals surface area contributed by atoms with Crippen molar-refractivity contribution in [1.29, 1.82) is 0 Å². The van der Waals surface area contributed by atoms with E-state index in [0.717, 1.165) is 32.8 Å². The largest absolute Gasteiger partial charge is 0.383 e. The van der Waals surface area contributed by atoms with E-state index >= 15 is 0 Å². The van der Waals surface area contributed by atoms with Gasteiger partial charge < -0.3 is 20.1 Å². The van der Waals surface area contributed by atoms with Crippen LogP contribution in [-0.4, -0.2) is 51.6 Å². The molecule has 4 nitrogen and oxygen atoms in total. The zero-order valence-electron chi connectivity index (χ0n) is 11.5. The van der Waals surface area contributed by atoms with E-state index < -0.39 is 0 Å². The first-order chi connectivity index (χ1) is 8.26. The van der Waals surface area contributed by atoms with Crippen LogP contribution in [0.25, 0.3) is 0 Å². The van der Waals surface area contributed by atoms with Gasteiger partial charge in [0.25, 0.3) is 0 Å². The maximum Gasteiger partial charge on any atom is 0.0620 e. The molecule has 1 fully saturated rings. The third-order valence-electron chi connectivity index (χ3n) is 3.16. The summed E-state index contributed by atoms with van der Waals surface area (Å²) < 4.78 is 10.7. The second-order valence-electron chi connectivity index (χ2n) is 4.97. The maximum absolute atomic E-state index is 5.47. The van der Waals surface area contributed by atoms with E-state index in [9.17, 15) is 0 Å². The summed E-state index contributed by atoms with van der Waals surface area (Å²) in [6.07, 6.45) is 3.48. The molecule has 0 aromatic rings. The molecule has 3 atom stereocenters. The monoisotopic (exact) mass is 244 g/mol. The highest BCUT2D eigenvalue weighted by Gasteiger charge is 2.18. The molecule has 4 heteroatoms. The van der Waals surface area contributed by atoms with Crippen LogP contribution in [0.15, 0.2) is 0 Å². The summed E-state index contributed by atoms with van der Waals surface area (Å²) in [6, 6.07) is 1.47. The number of morpholine rings is 1. The smallest absolute Gasteiger partial charge is 0.0620 e. The van der Waals surface area contributed by atoms with Gasteiger partial charge in [0.1, 0.15) is 0 Å². The van der Waals surface area contributed by atoms with Crippen molar-refractivity contribution in [3.8, 4) is 0 Å². The van der Waals surface area contributed by atoms with Crippen molar-refractivity contribution < 1.29 is 9.47 Å². The van der Waals surface area contributed by atoms with E-state index in [-0.39, 0.29) is 0 Å². The minimum absolute atomic E-state index is 0.476. The Morgan fingerprint density at radius 2 is 2.35 bits per heavy atom. The first-order valence-corrected chi connectivity index (χ1v) is 6.82. The Bertz CT molecular complexity index is 178.